The van der Waals surface area contributed by atoms with Crippen LogP contribution in [0, 0.1) is 5.82 Å². The number of ether oxygens (including phenoxy) is 2. The highest BCUT2D eigenvalue weighted by Crippen LogP contribution is 2.39. The minimum absolute atomic E-state index is 0.0321. The third-order valence-corrected chi connectivity index (χ3v) is 4.76. The lowest BCUT2D eigenvalue weighted by atomic mass is 10.2. The molecular formula is C23H13ClF4O4. The fourth-order valence-electron chi connectivity index (χ4n) is 2.91. The number of halogens is 5. The second kappa shape index (κ2) is 8.55. The molecule has 0 fully saturated rings. The summed E-state index contributed by atoms with van der Waals surface area (Å²) in [4.78, 5) is 12.8. The molecule has 0 atom stereocenters. The molecule has 1 aromatic heterocycles. The molecule has 0 saturated carbocycles. The van der Waals surface area contributed by atoms with E-state index in [2.05, 4.69) is 0 Å². The summed E-state index contributed by atoms with van der Waals surface area (Å²) in [5, 5.41) is -0.0983. The molecule has 4 rings (SSSR count). The summed E-state index contributed by atoms with van der Waals surface area (Å²) in [5.41, 5.74) is -0.693. The van der Waals surface area contributed by atoms with Gasteiger partial charge in [-0.1, -0.05) is 35.9 Å². The van der Waals surface area contributed by atoms with Crippen molar-refractivity contribution in [2.45, 2.75) is 12.8 Å². The van der Waals surface area contributed by atoms with Gasteiger partial charge in [-0.05, 0) is 42.0 Å². The second-order valence-electron chi connectivity index (χ2n) is 6.69. The average Bonchev–Trinajstić information content (AvgIpc) is 2.75. The SMILES string of the molecule is O=c1c(Oc2ccccc2Cl)c(C(F)(F)F)oc2cc(OCc3ccc(F)cc3)ccc12. The molecule has 0 radical (unpaired) electrons. The van der Waals surface area contributed by atoms with E-state index in [1.54, 1.807) is 6.07 Å². The molecule has 0 amide bonds. The summed E-state index contributed by atoms with van der Waals surface area (Å²) in [6.07, 6.45) is -5.01. The number of para-hydroxylation sites is 1. The maximum absolute atomic E-state index is 13.7. The van der Waals surface area contributed by atoms with Gasteiger partial charge in [0.15, 0.2) is 0 Å². The van der Waals surface area contributed by atoms with E-state index in [0.29, 0.717) is 5.56 Å². The number of rotatable bonds is 5. The van der Waals surface area contributed by atoms with Gasteiger partial charge in [-0.15, -0.1) is 0 Å². The highest BCUT2D eigenvalue weighted by Gasteiger charge is 2.40. The first-order chi connectivity index (χ1) is 15.2. The lowest BCUT2D eigenvalue weighted by Gasteiger charge is -2.14. The molecule has 0 N–H and O–H groups in total. The zero-order valence-electron chi connectivity index (χ0n) is 16.1. The molecule has 0 aliphatic carbocycles. The maximum Gasteiger partial charge on any atom is 0.453 e. The van der Waals surface area contributed by atoms with Crippen molar-refractivity contribution in [1.29, 1.82) is 0 Å². The summed E-state index contributed by atoms with van der Waals surface area (Å²) in [7, 11) is 0. The summed E-state index contributed by atoms with van der Waals surface area (Å²) >= 11 is 5.95. The van der Waals surface area contributed by atoms with E-state index in [0.717, 1.165) is 0 Å². The third kappa shape index (κ3) is 4.55. The first-order valence-electron chi connectivity index (χ1n) is 9.20. The van der Waals surface area contributed by atoms with E-state index in [1.807, 2.05) is 0 Å². The van der Waals surface area contributed by atoms with Crippen LogP contribution >= 0.6 is 11.6 Å². The Morgan fingerprint density at radius 1 is 0.969 bits per heavy atom. The van der Waals surface area contributed by atoms with E-state index in [4.69, 9.17) is 25.5 Å². The largest absolute Gasteiger partial charge is 0.489 e. The molecule has 4 nitrogen and oxygen atoms in total. The quantitative estimate of drug-likeness (QED) is 0.299. The van der Waals surface area contributed by atoms with Gasteiger partial charge in [0.05, 0.1) is 10.4 Å². The number of hydrogen-bond donors (Lipinski definition) is 0. The molecule has 9 heteroatoms. The monoisotopic (exact) mass is 464 g/mol. The first-order valence-corrected chi connectivity index (χ1v) is 9.58. The van der Waals surface area contributed by atoms with E-state index in [-0.39, 0.29) is 34.1 Å². The van der Waals surface area contributed by atoms with Gasteiger partial charge in [-0.25, -0.2) is 4.39 Å². The number of hydrogen-bond acceptors (Lipinski definition) is 4. The molecule has 4 aromatic rings. The molecule has 0 aliphatic heterocycles. The summed E-state index contributed by atoms with van der Waals surface area (Å²) < 4.78 is 69.8. The predicted octanol–water partition coefficient (Wildman–Crippen LogP) is 6.98. The van der Waals surface area contributed by atoms with Gasteiger partial charge < -0.3 is 13.9 Å². The Kier molecular flexibility index (Phi) is 5.80. The minimum atomic E-state index is -5.01. The Hall–Kier alpha value is -3.52. The lowest BCUT2D eigenvalue weighted by Crippen LogP contribution is -2.15. The van der Waals surface area contributed by atoms with Crippen molar-refractivity contribution in [2.75, 3.05) is 0 Å². The lowest BCUT2D eigenvalue weighted by molar-refractivity contribution is -0.154. The standard InChI is InChI=1S/C23H13ClF4O4/c24-17-3-1-2-4-18(17)31-21-20(29)16-10-9-15(11-19(16)32-22(21)23(26,27)28)30-12-13-5-7-14(25)8-6-13/h1-11H,12H2. The first kappa shape index (κ1) is 21.7. The van der Waals surface area contributed by atoms with E-state index in [9.17, 15) is 22.4 Å². The van der Waals surface area contributed by atoms with Crippen LogP contribution in [-0.4, -0.2) is 0 Å². The second-order valence-corrected chi connectivity index (χ2v) is 7.10. The van der Waals surface area contributed by atoms with Crippen molar-refractivity contribution >= 4 is 22.6 Å². The molecule has 0 bridgehead atoms. The molecular weight excluding hydrogens is 452 g/mol. The number of benzene rings is 3. The van der Waals surface area contributed by atoms with Crippen LogP contribution < -0.4 is 14.9 Å². The average molecular weight is 465 g/mol. The zero-order valence-corrected chi connectivity index (χ0v) is 16.8. The Morgan fingerprint density at radius 3 is 2.38 bits per heavy atom. The molecule has 0 spiro atoms. The fraction of sp³-hybridized carbons (Fsp3) is 0.0870. The van der Waals surface area contributed by atoms with E-state index in [1.165, 1.54) is 60.7 Å². The van der Waals surface area contributed by atoms with Crippen LogP contribution in [0.25, 0.3) is 11.0 Å². The van der Waals surface area contributed by atoms with Crippen molar-refractivity contribution in [2.24, 2.45) is 0 Å². The van der Waals surface area contributed by atoms with Crippen LogP contribution in [0.4, 0.5) is 17.6 Å². The maximum atomic E-state index is 13.7. The van der Waals surface area contributed by atoms with Gasteiger partial charge in [0, 0.05) is 6.07 Å². The predicted molar refractivity (Wildman–Crippen MR) is 110 cm³/mol. The van der Waals surface area contributed by atoms with Gasteiger partial charge in [0.1, 0.15) is 29.5 Å². The van der Waals surface area contributed by atoms with Crippen LogP contribution in [-0.2, 0) is 12.8 Å². The van der Waals surface area contributed by atoms with Gasteiger partial charge in [-0.3, -0.25) is 4.79 Å². The smallest absolute Gasteiger partial charge is 0.453 e. The van der Waals surface area contributed by atoms with Crippen LogP contribution in [0.1, 0.15) is 11.3 Å². The van der Waals surface area contributed by atoms with Gasteiger partial charge >= 0.3 is 6.18 Å². The zero-order chi connectivity index (χ0) is 22.9. The molecule has 1 heterocycles. The van der Waals surface area contributed by atoms with Crippen molar-refractivity contribution in [3.8, 4) is 17.2 Å². The topological polar surface area (TPSA) is 48.7 Å². The van der Waals surface area contributed by atoms with Crippen molar-refractivity contribution in [3.63, 3.8) is 0 Å². The van der Waals surface area contributed by atoms with Gasteiger partial charge in [0.25, 0.3) is 5.76 Å². The third-order valence-electron chi connectivity index (χ3n) is 4.45. The molecule has 3 aromatic carbocycles. The van der Waals surface area contributed by atoms with Crippen molar-refractivity contribution < 1.29 is 31.5 Å². The molecule has 32 heavy (non-hydrogen) atoms. The number of alkyl halides is 3. The van der Waals surface area contributed by atoms with Gasteiger partial charge in [-0.2, -0.15) is 13.2 Å². The highest BCUT2D eigenvalue weighted by atomic mass is 35.5. The van der Waals surface area contributed by atoms with Crippen LogP contribution in [0.2, 0.25) is 5.02 Å². The summed E-state index contributed by atoms with van der Waals surface area (Å²) in [6, 6.07) is 15.2. The van der Waals surface area contributed by atoms with Crippen LogP contribution in [0.5, 0.6) is 17.2 Å². The number of fused-ring (bicyclic) bond motifs is 1. The molecule has 0 aliphatic rings. The fourth-order valence-corrected chi connectivity index (χ4v) is 3.08. The summed E-state index contributed by atoms with van der Waals surface area (Å²) in [5.74, 6) is -2.97. The molecule has 164 valence electrons. The van der Waals surface area contributed by atoms with Gasteiger partial charge in [0.2, 0.25) is 11.2 Å². The van der Waals surface area contributed by atoms with Crippen molar-refractivity contribution in [3.05, 3.63) is 99.1 Å². The minimum Gasteiger partial charge on any atom is -0.489 e. The van der Waals surface area contributed by atoms with Crippen LogP contribution in [0.3, 0.4) is 0 Å². The van der Waals surface area contributed by atoms with Crippen molar-refractivity contribution in [1.82, 2.24) is 0 Å². The normalized spacial score (nSPS) is 11.5. The molecule has 0 saturated heterocycles. The Labute approximate surface area is 183 Å². The summed E-state index contributed by atoms with van der Waals surface area (Å²) in [6.45, 7) is 0.0375. The Balaban J connectivity index is 1.73. The Morgan fingerprint density at radius 2 is 1.69 bits per heavy atom. The molecule has 0 unspecified atom stereocenters. The van der Waals surface area contributed by atoms with E-state index >= 15 is 0 Å². The highest BCUT2D eigenvalue weighted by molar-refractivity contribution is 6.32. The van der Waals surface area contributed by atoms with E-state index < -0.39 is 28.9 Å². The van der Waals surface area contributed by atoms with Crippen LogP contribution in [0.15, 0.2) is 75.9 Å². The Bertz CT molecular complexity index is 1330.